The van der Waals surface area contributed by atoms with Gasteiger partial charge in [0.05, 0.1) is 6.26 Å². The maximum absolute atomic E-state index is 11.3. The van der Waals surface area contributed by atoms with E-state index in [1.54, 1.807) is 12.1 Å². The molecule has 4 nitrogen and oxygen atoms in total. The molecule has 1 N–H and O–H groups in total. The van der Waals surface area contributed by atoms with Gasteiger partial charge in [-0.25, -0.2) is 0 Å². The molecule has 0 amide bonds. The Hall–Kier alpha value is -1.58. The Bertz CT molecular complexity index is 300. The lowest BCUT2D eigenvalue weighted by molar-refractivity contribution is -0.137. The molecule has 0 aliphatic heterocycles. The van der Waals surface area contributed by atoms with Crippen molar-refractivity contribution in [1.82, 2.24) is 0 Å². The lowest BCUT2D eigenvalue weighted by Gasteiger charge is -1.96. The van der Waals surface area contributed by atoms with Gasteiger partial charge >= 0.3 is 5.97 Å². The van der Waals surface area contributed by atoms with E-state index in [2.05, 4.69) is 0 Å². The van der Waals surface area contributed by atoms with Crippen LogP contribution in [0.2, 0.25) is 0 Å². The normalized spacial score (nSPS) is 10.0. The standard InChI is InChI=1S/C10H12O4/c11-8(9-5-3-7-14-9)4-1-2-6-10(12)13/h3,5,7H,1-2,4,6H2,(H,12,13). The van der Waals surface area contributed by atoms with Gasteiger partial charge in [-0.05, 0) is 25.0 Å². The molecule has 1 rings (SSSR count). The van der Waals surface area contributed by atoms with E-state index < -0.39 is 5.97 Å². The van der Waals surface area contributed by atoms with Gasteiger partial charge in [-0.2, -0.15) is 0 Å². The number of hydrogen-bond donors (Lipinski definition) is 1. The van der Waals surface area contributed by atoms with Crippen molar-refractivity contribution in [3.05, 3.63) is 24.2 Å². The van der Waals surface area contributed by atoms with E-state index in [4.69, 9.17) is 9.52 Å². The number of carbonyl (C=O) groups is 2. The Kier molecular flexibility index (Phi) is 3.91. The molecule has 0 fully saturated rings. The zero-order valence-electron chi connectivity index (χ0n) is 7.73. The van der Waals surface area contributed by atoms with Gasteiger partial charge in [0.25, 0.3) is 0 Å². The first-order valence-electron chi connectivity index (χ1n) is 4.48. The number of furan rings is 1. The molecule has 0 saturated heterocycles. The van der Waals surface area contributed by atoms with Crippen LogP contribution in [0.4, 0.5) is 0 Å². The summed E-state index contributed by atoms with van der Waals surface area (Å²) in [7, 11) is 0. The third-order valence-corrected chi connectivity index (χ3v) is 1.84. The Labute approximate surface area is 81.5 Å². The van der Waals surface area contributed by atoms with Crippen LogP contribution in [0.3, 0.4) is 0 Å². The van der Waals surface area contributed by atoms with Crippen LogP contribution in [-0.4, -0.2) is 16.9 Å². The minimum absolute atomic E-state index is 0.0691. The van der Waals surface area contributed by atoms with Gasteiger partial charge in [0, 0.05) is 12.8 Å². The Balaban J connectivity index is 2.19. The van der Waals surface area contributed by atoms with Crippen molar-refractivity contribution in [3.8, 4) is 0 Å². The number of unbranched alkanes of at least 4 members (excludes halogenated alkanes) is 1. The Morgan fingerprint density at radius 2 is 2.00 bits per heavy atom. The predicted octanol–water partition coefficient (Wildman–Crippen LogP) is 2.11. The van der Waals surface area contributed by atoms with Gasteiger partial charge in [-0.1, -0.05) is 0 Å². The van der Waals surface area contributed by atoms with Crippen molar-refractivity contribution in [2.24, 2.45) is 0 Å². The molecule has 0 saturated carbocycles. The molecule has 0 bridgehead atoms. The molecular formula is C10H12O4. The van der Waals surface area contributed by atoms with Gasteiger partial charge in [-0.3, -0.25) is 9.59 Å². The summed E-state index contributed by atoms with van der Waals surface area (Å²) in [6, 6.07) is 3.27. The van der Waals surface area contributed by atoms with Crippen LogP contribution in [0.5, 0.6) is 0 Å². The molecule has 4 heteroatoms. The van der Waals surface area contributed by atoms with Crippen LogP contribution in [0, 0.1) is 0 Å². The average molecular weight is 196 g/mol. The molecule has 0 aliphatic carbocycles. The summed E-state index contributed by atoms with van der Waals surface area (Å²) in [5.41, 5.74) is 0. The first-order chi connectivity index (χ1) is 6.70. The number of carboxylic acid groups (broad SMARTS) is 1. The van der Waals surface area contributed by atoms with Crippen LogP contribution in [0.15, 0.2) is 22.8 Å². The summed E-state index contributed by atoms with van der Waals surface area (Å²) in [4.78, 5) is 21.5. The Morgan fingerprint density at radius 3 is 2.57 bits per heavy atom. The molecule has 0 aliphatic rings. The third-order valence-electron chi connectivity index (χ3n) is 1.84. The highest BCUT2D eigenvalue weighted by atomic mass is 16.4. The summed E-state index contributed by atoms with van der Waals surface area (Å²) in [5, 5.41) is 8.36. The fourth-order valence-electron chi connectivity index (χ4n) is 1.12. The van der Waals surface area contributed by atoms with Crippen LogP contribution < -0.4 is 0 Å². The molecule has 1 heterocycles. The second-order valence-corrected chi connectivity index (χ2v) is 3.00. The fourth-order valence-corrected chi connectivity index (χ4v) is 1.12. The predicted molar refractivity (Wildman–Crippen MR) is 49.1 cm³/mol. The second-order valence-electron chi connectivity index (χ2n) is 3.00. The molecule has 0 unspecified atom stereocenters. The van der Waals surface area contributed by atoms with Crippen molar-refractivity contribution in [2.75, 3.05) is 0 Å². The molecule has 1 aromatic heterocycles. The summed E-state index contributed by atoms with van der Waals surface area (Å²) >= 11 is 0. The number of ketones is 1. The minimum Gasteiger partial charge on any atom is -0.481 e. The zero-order valence-corrected chi connectivity index (χ0v) is 7.73. The highest BCUT2D eigenvalue weighted by molar-refractivity contribution is 5.93. The summed E-state index contributed by atoms with van der Waals surface area (Å²) in [5.74, 6) is -0.545. The number of Topliss-reactive ketones (excluding diaryl/α,β-unsaturated/α-hetero) is 1. The molecule has 0 spiro atoms. The van der Waals surface area contributed by atoms with E-state index in [9.17, 15) is 9.59 Å². The number of hydrogen-bond acceptors (Lipinski definition) is 3. The average Bonchev–Trinajstić information content (AvgIpc) is 2.64. The van der Waals surface area contributed by atoms with Gasteiger partial charge < -0.3 is 9.52 Å². The minimum atomic E-state index is -0.824. The molecular weight excluding hydrogens is 184 g/mol. The Morgan fingerprint density at radius 1 is 1.29 bits per heavy atom. The van der Waals surface area contributed by atoms with E-state index in [1.165, 1.54) is 6.26 Å². The molecule has 76 valence electrons. The van der Waals surface area contributed by atoms with Gasteiger partial charge in [0.2, 0.25) is 0 Å². The lowest BCUT2D eigenvalue weighted by atomic mass is 10.1. The van der Waals surface area contributed by atoms with Gasteiger partial charge in [0.1, 0.15) is 0 Å². The van der Waals surface area contributed by atoms with Crippen LogP contribution in [0.1, 0.15) is 36.2 Å². The first-order valence-corrected chi connectivity index (χ1v) is 4.48. The topological polar surface area (TPSA) is 67.5 Å². The lowest BCUT2D eigenvalue weighted by Crippen LogP contribution is -1.99. The fraction of sp³-hybridized carbons (Fsp3) is 0.400. The van der Waals surface area contributed by atoms with E-state index in [1.807, 2.05) is 0 Å². The largest absolute Gasteiger partial charge is 0.481 e. The van der Waals surface area contributed by atoms with Gasteiger partial charge in [-0.15, -0.1) is 0 Å². The first kappa shape index (κ1) is 10.5. The third kappa shape index (κ3) is 3.43. The zero-order chi connectivity index (χ0) is 10.4. The SMILES string of the molecule is O=C(O)CCCCC(=O)c1ccco1. The monoisotopic (exact) mass is 196 g/mol. The van der Waals surface area contributed by atoms with Gasteiger partial charge in [0.15, 0.2) is 11.5 Å². The molecule has 0 aromatic carbocycles. The van der Waals surface area contributed by atoms with E-state index in [0.717, 1.165) is 0 Å². The number of aliphatic carboxylic acids is 1. The summed E-state index contributed by atoms with van der Waals surface area (Å²) in [6.07, 6.45) is 3.03. The van der Waals surface area contributed by atoms with E-state index in [0.29, 0.717) is 25.0 Å². The van der Waals surface area contributed by atoms with Crippen molar-refractivity contribution in [3.63, 3.8) is 0 Å². The van der Waals surface area contributed by atoms with Crippen molar-refractivity contribution in [1.29, 1.82) is 0 Å². The highest BCUT2D eigenvalue weighted by Crippen LogP contribution is 2.08. The molecule has 1 aromatic rings. The second kappa shape index (κ2) is 5.21. The number of carbonyl (C=O) groups excluding carboxylic acids is 1. The maximum atomic E-state index is 11.3. The summed E-state index contributed by atoms with van der Waals surface area (Å²) < 4.78 is 4.91. The number of carboxylic acids is 1. The quantitative estimate of drug-likeness (QED) is 0.558. The van der Waals surface area contributed by atoms with Crippen LogP contribution in [-0.2, 0) is 4.79 Å². The van der Waals surface area contributed by atoms with Crippen LogP contribution in [0.25, 0.3) is 0 Å². The maximum Gasteiger partial charge on any atom is 0.303 e. The molecule has 0 radical (unpaired) electrons. The van der Waals surface area contributed by atoms with Crippen molar-refractivity contribution >= 4 is 11.8 Å². The van der Waals surface area contributed by atoms with E-state index >= 15 is 0 Å². The number of rotatable bonds is 6. The molecule has 14 heavy (non-hydrogen) atoms. The smallest absolute Gasteiger partial charge is 0.303 e. The van der Waals surface area contributed by atoms with Crippen molar-refractivity contribution in [2.45, 2.75) is 25.7 Å². The summed E-state index contributed by atoms with van der Waals surface area (Å²) in [6.45, 7) is 0. The highest BCUT2D eigenvalue weighted by Gasteiger charge is 2.08. The van der Waals surface area contributed by atoms with Crippen molar-refractivity contribution < 1.29 is 19.1 Å². The van der Waals surface area contributed by atoms with Crippen LogP contribution >= 0.6 is 0 Å². The molecule has 0 atom stereocenters. The van der Waals surface area contributed by atoms with E-state index in [-0.39, 0.29) is 12.2 Å².